The lowest BCUT2D eigenvalue weighted by Crippen LogP contribution is -2.31. The lowest BCUT2D eigenvalue weighted by Gasteiger charge is -2.27. The van der Waals surface area contributed by atoms with Gasteiger partial charge in [0.15, 0.2) is 11.6 Å². The number of ether oxygens (including phenoxy) is 1. The first-order valence-corrected chi connectivity index (χ1v) is 10.6. The van der Waals surface area contributed by atoms with Crippen molar-refractivity contribution in [3.63, 3.8) is 0 Å². The van der Waals surface area contributed by atoms with Gasteiger partial charge in [0.05, 0.1) is 18.9 Å². The van der Waals surface area contributed by atoms with Crippen molar-refractivity contribution < 1.29 is 14.3 Å². The highest BCUT2D eigenvalue weighted by atomic mass is 32.2. The van der Waals surface area contributed by atoms with Gasteiger partial charge in [-0.15, -0.1) is 0 Å². The molecule has 0 N–H and O–H groups in total. The Morgan fingerprint density at radius 3 is 2.46 bits per heavy atom. The SMILES string of the molecule is CCC1=C(Sc2ccccc2)C(COCC2CCCCC2)C(=O)CC1=O. The molecule has 26 heavy (non-hydrogen) atoms. The minimum Gasteiger partial charge on any atom is -0.380 e. The first-order valence-electron chi connectivity index (χ1n) is 9.78. The second-order valence-electron chi connectivity index (χ2n) is 7.27. The third kappa shape index (κ3) is 4.86. The van der Waals surface area contributed by atoms with Gasteiger partial charge in [-0.3, -0.25) is 9.59 Å². The summed E-state index contributed by atoms with van der Waals surface area (Å²) in [6, 6.07) is 9.98. The highest BCUT2D eigenvalue weighted by Crippen LogP contribution is 2.40. The number of hydrogen-bond donors (Lipinski definition) is 0. The van der Waals surface area contributed by atoms with Crippen molar-refractivity contribution in [1.82, 2.24) is 0 Å². The molecule has 1 fully saturated rings. The lowest BCUT2D eigenvalue weighted by molar-refractivity contribution is -0.129. The lowest BCUT2D eigenvalue weighted by atomic mass is 9.87. The molecule has 1 unspecified atom stereocenters. The molecule has 1 saturated carbocycles. The van der Waals surface area contributed by atoms with Crippen molar-refractivity contribution in [2.45, 2.75) is 56.8 Å². The molecule has 140 valence electrons. The van der Waals surface area contributed by atoms with Crippen LogP contribution in [0, 0.1) is 11.8 Å². The van der Waals surface area contributed by atoms with E-state index in [-0.39, 0.29) is 23.9 Å². The topological polar surface area (TPSA) is 43.4 Å². The molecule has 0 heterocycles. The number of allylic oxidation sites excluding steroid dienone is 1. The normalized spacial score (nSPS) is 22.1. The maximum atomic E-state index is 12.6. The summed E-state index contributed by atoms with van der Waals surface area (Å²) in [4.78, 5) is 26.9. The summed E-state index contributed by atoms with van der Waals surface area (Å²) in [5.74, 6) is 0.328. The predicted octanol–water partition coefficient (Wildman–Crippen LogP) is 5.20. The zero-order valence-electron chi connectivity index (χ0n) is 15.5. The molecule has 2 aliphatic rings. The Morgan fingerprint density at radius 2 is 1.77 bits per heavy atom. The molecule has 1 aromatic carbocycles. The fourth-order valence-electron chi connectivity index (χ4n) is 3.88. The van der Waals surface area contributed by atoms with E-state index in [1.807, 2.05) is 37.3 Å². The van der Waals surface area contributed by atoms with Gasteiger partial charge < -0.3 is 4.74 Å². The Bertz CT molecular complexity index is 659. The first-order chi connectivity index (χ1) is 12.7. The van der Waals surface area contributed by atoms with Crippen molar-refractivity contribution >= 4 is 23.3 Å². The molecule has 1 atom stereocenters. The Kier molecular flexibility index (Phi) is 7.09. The summed E-state index contributed by atoms with van der Waals surface area (Å²) < 4.78 is 6.00. The summed E-state index contributed by atoms with van der Waals surface area (Å²) in [6.45, 7) is 3.14. The van der Waals surface area contributed by atoms with Gasteiger partial charge in [0.25, 0.3) is 0 Å². The molecule has 0 bridgehead atoms. The van der Waals surface area contributed by atoms with E-state index in [0.717, 1.165) is 22.0 Å². The summed E-state index contributed by atoms with van der Waals surface area (Å²) in [5.41, 5.74) is 0.810. The predicted molar refractivity (Wildman–Crippen MR) is 105 cm³/mol. The molecule has 4 heteroatoms. The molecule has 0 aromatic heterocycles. The van der Waals surface area contributed by atoms with E-state index >= 15 is 0 Å². The third-order valence-electron chi connectivity index (χ3n) is 5.36. The maximum absolute atomic E-state index is 12.6. The average Bonchev–Trinajstić information content (AvgIpc) is 2.66. The Hall–Kier alpha value is -1.39. The molecule has 0 radical (unpaired) electrons. The fourth-order valence-corrected chi connectivity index (χ4v) is 5.15. The molecule has 0 spiro atoms. The largest absolute Gasteiger partial charge is 0.380 e. The van der Waals surface area contributed by atoms with E-state index in [9.17, 15) is 9.59 Å². The van der Waals surface area contributed by atoms with Gasteiger partial charge in [-0.2, -0.15) is 0 Å². The van der Waals surface area contributed by atoms with Gasteiger partial charge in [0.1, 0.15) is 0 Å². The van der Waals surface area contributed by atoms with Crippen LogP contribution in [-0.2, 0) is 14.3 Å². The van der Waals surface area contributed by atoms with E-state index in [2.05, 4.69) is 0 Å². The summed E-state index contributed by atoms with van der Waals surface area (Å²) in [7, 11) is 0. The molecule has 0 amide bonds. The van der Waals surface area contributed by atoms with Gasteiger partial charge in [-0.05, 0) is 37.3 Å². The van der Waals surface area contributed by atoms with Gasteiger partial charge in [-0.1, -0.05) is 56.1 Å². The fraction of sp³-hybridized carbons (Fsp3) is 0.545. The zero-order chi connectivity index (χ0) is 18.4. The second-order valence-corrected chi connectivity index (χ2v) is 8.39. The number of Topliss-reactive ketones (excluding diaryl/α,β-unsaturated/α-hetero) is 2. The molecule has 0 saturated heterocycles. The highest BCUT2D eigenvalue weighted by molar-refractivity contribution is 8.03. The average molecular weight is 373 g/mol. The Labute approximate surface area is 160 Å². The third-order valence-corrected chi connectivity index (χ3v) is 6.62. The van der Waals surface area contributed by atoms with Crippen molar-refractivity contribution in [2.24, 2.45) is 11.8 Å². The molecule has 1 aromatic rings. The summed E-state index contributed by atoms with van der Waals surface area (Å²) in [5, 5.41) is 0. The number of rotatable bonds is 7. The number of carbonyl (C=O) groups is 2. The van der Waals surface area contributed by atoms with Crippen LogP contribution in [0.15, 0.2) is 45.7 Å². The van der Waals surface area contributed by atoms with Crippen molar-refractivity contribution in [3.05, 3.63) is 40.8 Å². The Morgan fingerprint density at radius 1 is 1.04 bits per heavy atom. The van der Waals surface area contributed by atoms with Crippen LogP contribution in [0.3, 0.4) is 0 Å². The molecular formula is C22H28O3S. The Balaban J connectivity index is 1.72. The molecule has 3 nitrogen and oxygen atoms in total. The summed E-state index contributed by atoms with van der Waals surface area (Å²) in [6.07, 6.45) is 7.08. The molecule has 0 aliphatic heterocycles. The number of hydrogen-bond acceptors (Lipinski definition) is 4. The molecule has 2 aliphatic carbocycles. The van der Waals surface area contributed by atoms with Crippen molar-refractivity contribution in [2.75, 3.05) is 13.2 Å². The van der Waals surface area contributed by atoms with Crippen LogP contribution in [0.1, 0.15) is 51.9 Å². The number of ketones is 2. The zero-order valence-corrected chi connectivity index (χ0v) is 16.4. The van der Waals surface area contributed by atoms with Crippen LogP contribution in [-0.4, -0.2) is 24.8 Å². The van der Waals surface area contributed by atoms with E-state index in [0.29, 0.717) is 18.9 Å². The maximum Gasteiger partial charge on any atom is 0.167 e. The molecular weight excluding hydrogens is 344 g/mol. The standard InChI is InChI=1S/C22H28O3S/c1-2-18-20(23)13-21(24)19(15-25-14-16-9-5-3-6-10-16)22(18)26-17-11-7-4-8-12-17/h4,7-8,11-12,16,19H,2-3,5-6,9-10,13-15H2,1H3. The number of benzene rings is 1. The van der Waals surface area contributed by atoms with Gasteiger partial charge >= 0.3 is 0 Å². The van der Waals surface area contributed by atoms with E-state index in [1.165, 1.54) is 32.1 Å². The van der Waals surface area contributed by atoms with Crippen LogP contribution in [0.25, 0.3) is 0 Å². The molecule has 3 rings (SSSR count). The van der Waals surface area contributed by atoms with Crippen molar-refractivity contribution in [1.29, 1.82) is 0 Å². The van der Waals surface area contributed by atoms with Crippen molar-refractivity contribution in [3.8, 4) is 0 Å². The van der Waals surface area contributed by atoms with Gasteiger partial charge in [0, 0.05) is 22.0 Å². The van der Waals surface area contributed by atoms with E-state index in [1.54, 1.807) is 11.8 Å². The van der Waals surface area contributed by atoms with Crippen LogP contribution in [0.5, 0.6) is 0 Å². The van der Waals surface area contributed by atoms with Crippen LogP contribution >= 0.6 is 11.8 Å². The quantitative estimate of drug-likeness (QED) is 0.617. The van der Waals surface area contributed by atoms with Gasteiger partial charge in [-0.25, -0.2) is 0 Å². The highest BCUT2D eigenvalue weighted by Gasteiger charge is 2.35. The van der Waals surface area contributed by atoms with E-state index < -0.39 is 0 Å². The minimum atomic E-state index is -0.295. The smallest absolute Gasteiger partial charge is 0.167 e. The number of thioether (sulfide) groups is 1. The monoisotopic (exact) mass is 372 g/mol. The van der Waals surface area contributed by atoms with Gasteiger partial charge in [0.2, 0.25) is 0 Å². The van der Waals surface area contributed by atoms with Crippen LogP contribution in [0.2, 0.25) is 0 Å². The van der Waals surface area contributed by atoms with Crippen LogP contribution < -0.4 is 0 Å². The minimum absolute atomic E-state index is 0.00859. The van der Waals surface area contributed by atoms with Crippen LogP contribution in [0.4, 0.5) is 0 Å². The second kappa shape index (κ2) is 9.52. The first kappa shape index (κ1) is 19.4. The number of carbonyl (C=O) groups excluding carboxylic acids is 2. The van der Waals surface area contributed by atoms with E-state index in [4.69, 9.17) is 4.74 Å². The summed E-state index contributed by atoms with van der Waals surface area (Å²) >= 11 is 1.56.